The van der Waals surface area contributed by atoms with Crippen molar-refractivity contribution in [2.45, 2.75) is 6.04 Å². The molecule has 1 heterocycles. The molecule has 5 heteroatoms. The predicted molar refractivity (Wildman–Crippen MR) is 68.3 cm³/mol. The first-order chi connectivity index (χ1) is 7.20. The van der Waals surface area contributed by atoms with Crippen molar-refractivity contribution in [3.63, 3.8) is 0 Å². The average Bonchev–Trinajstić information content (AvgIpc) is 2.63. The van der Waals surface area contributed by atoms with Crippen LogP contribution in [-0.2, 0) is 4.74 Å². The number of likely N-dealkylation sites (N-methyl/N-ethyl adjacent to an activating group) is 1. The molecular formula is C10H17BrN2OS. The van der Waals surface area contributed by atoms with Gasteiger partial charge in [0.2, 0.25) is 0 Å². The molecule has 1 rings (SSSR count). The normalized spacial score (nSPS) is 13.4. The van der Waals surface area contributed by atoms with E-state index in [4.69, 9.17) is 10.5 Å². The van der Waals surface area contributed by atoms with Gasteiger partial charge in [0.05, 0.1) is 12.6 Å². The van der Waals surface area contributed by atoms with E-state index in [1.165, 1.54) is 4.88 Å². The number of thiophene rings is 1. The maximum atomic E-state index is 5.81. The van der Waals surface area contributed by atoms with Crippen molar-refractivity contribution in [2.75, 3.05) is 33.9 Å². The van der Waals surface area contributed by atoms with Gasteiger partial charge in [-0.3, -0.25) is 4.90 Å². The van der Waals surface area contributed by atoms with Gasteiger partial charge in [-0.05, 0) is 34.4 Å². The second kappa shape index (κ2) is 6.60. The first-order valence-corrected chi connectivity index (χ1v) is 6.50. The van der Waals surface area contributed by atoms with Crippen molar-refractivity contribution < 1.29 is 4.74 Å². The largest absolute Gasteiger partial charge is 0.383 e. The standard InChI is InChI=1S/C10H17BrN2OS/c1-13(4-5-14-2)9(7-12)10-8(11)3-6-15-10/h3,6,9H,4-5,7,12H2,1-2H3. The molecule has 0 aliphatic rings. The zero-order valence-electron chi connectivity index (χ0n) is 9.07. The first-order valence-electron chi connectivity index (χ1n) is 4.82. The first kappa shape index (κ1) is 13.1. The second-order valence-corrected chi connectivity index (χ2v) is 5.16. The van der Waals surface area contributed by atoms with Gasteiger partial charge in [-0.25, -0.2) is 0 Å². The number of nitrogens with two attached hydrogens (primary N) is 1. The molecule has 0 saturated heterocycles. The van der Waals surface area contributed by atoms with E-state index in [2.05, 4.69) is 39.3 Å². The third kappa shape index (κ3) is 3.53. The summed E-state index contributed by atoms with van der Waals surface area (Å²) >= 11 is 5.28. The molecule has 86 valence electrons. The number of ether oxygens (including phenoxy) is 1. The van der Waals surface area contributed by atoms with E-state index in [1.54, 1.807) is 18.4 Å². The van der Waals surface area contributed by atoms with E-state index in [-0.39, 0.29) is 6.04 Å². The van der Waals surface area contributed by atoms with E-state index in [1.807, 2.05) is 0 Å². The Morgan fingerprint density at radius 1 is 1.67 bits per heavy atom. The Balaban J connectivity index is 2.67. The van der Waals surface area contributed by atoms with Crippen LogP contribution in [0, 0.1) is 0 Å². The Labute approximate surface area is 103 Å². The van der Waals surface area contributed by atoms with E-state index in [0.717, 1.165) is 17.6 Å². The van der Waals surface area contributed by atoms with E-state index >= 15 is 0 Å². The van der Waals surface area contributed by atoms with Crippen molar-refractivity contribution in [3.05, 3.63) is 20.8 Å². The Kier molecular flexibility index (Phi) is 5.78. The third-order valence-corrected chi connectivity index (χ3v) is 4.32. The Morgan fingerprint density at radius 2 is 2.40 bits per heavy atom. The fourth-order valence-corrected chi connectivity index (χ4v) is 3.24. The van der Waals surface area contributed by atoms with Gasteiger partial charge >= 0.3 is 0 Å². The van der Waals surface area contributed by atoms with Crippen molar-refractivity contribution in [1.29, 1.82) is 0 Å². The summed E-state index contributed by atoms with van der Waals surface area (Å²) in [6, 6.07) is 2.34. The summed E-state index contributed by atoms with van der Waals surface area (Å²) in [5, 5.41) is 2.08. The van der Waals surface area contributed by atoms with Crippen LogP contribution >= 0.6 is 27.3 Å². The molecule has 0 saturated carbocycles. The Bertz CT molecular complexity index is 293. The molecule has 1 unspecified atom stereocenters. The molecule has 0 amide bonds. The maximum absolute atomic E-state index is 5.81. The topological polar surface area (TPSA) is 38.5 Å². The number of halogens is 1. The number of hydrogen-bond acceptors (Lipinski definition) is 4. The maximum Gasteiger partial charge on any atom is 0.0589 e. The van der Waals surface area contributed by atoms with Crippen molar-refractivity contribution in [3.8, 4) is 0 Å². The smallest absolute Gasteiger partial charge is 0.0589 e. The number of hydrogen-bond donors (Lipinski definition) is 1. The predicted octanol–water partition coefficient (Wildman–Crippen LogP) is 2.09. The highest BCUT2D eigenvalue weighted by Gasteiger charge is 2.18. The van der Waals surface area contributed by atoms with Crippen LogP contribution in [0.3, 0.4) is 0 Å². The molecule has 0 fully saturated rings. The minimum absolute atomic E-state index is 0.273. The summed E-state index contributed by atoms with van der Waals surface area (Å²) in [5.74, 6) is 0. The fourth-order valence-electron chi connectivity index (χ4n) is 1.42. The molecule has 15 heavy (non-hydrogen) atoms. The highest BCUT2D eigenvalue weighted by molar-refractivity contribution is 9.10. The van der Waals surface area contributed by atoms with Gasteiger partial charge in [0.15, 0.2) is 0 Å². The van der Waals surface area contributed by atoms with Crippen LogP contribution in [0.25, 0.3) is 0 Å². The lowest BCUT2D eigenvalue weighted by Crippen LogP contribution is -2.32. The lowest BCUT2D eigenvalue weighted by atomic mass is 10.2. The Hall–Kier alpha value is 0.0600. The number of rotatable bonds is 6. The number of nitrogens with zero attached hydrogens (tertiary/aromatic N) is 1. The van der Waals surface area contributed by atoms with Gasteiger partial charge in [0, 0.05) is 29.5 Å². The van der Waals surface area contributed by atoms with Crippen LogP contribution in [0.15, 0.2) is 15.9 Å². The van der Waals surface area contributed by atoms with Crippen molar-refractivity contribution in [1.82, 2.24) is 4.90 Å². The van der Waals surface area contributed by atoms with Gasteiger partial charge in [0.25, 0.3) is 0 Å². The summed E-state index contributed by atoms with van der Waals surface area (Å²) in [5.41, 5.74) is 5.81. The molecule has 2 N–H and O–H groups in total. The number of methoxy groups -OCH3 is 1. The summed E-state index contributed by atoms with van der Waals surface area (Å²) in [7, 11) is 3.79. The zero-order valence-corrected chi connectivity index (χ0v) is 11.5. The molecule has 1 aromatic rings. The van der Waals surface area contributed by atoms with E-state index in [9.17, 15) is 0 Å². The van der Waals surface area contributed by atoms with E-state index < -0.39 is 0 Å². The molecule has 1 atom stereocenters. The van der Waals surface area contributed by atoms with Crippen LogP contribution in [0.1, 0.15) is 10.9 Å². The monoisotopic (exact) mass is 292 g/mol. The molecule has 0 bridgehead atoms. The fraction of sp³-hybridized carbons (Fsp3) is 0.600. The summed E-state index contributed by atoms with van der Waals surface area (Å²) in [6.45, 7) is 2.25. The van der Waals surface area contributed by atoms with Gasteiger partial charge in [-0.2, -0.15) is 0 Å². The minimum Gasteiger partial charge on any atom is -0.383 e. The minimum atomic E-state index is 0.273. The summed E-state index contributed by atoms with van der Waals surface area (Å²) in [6.07, 6.45) is 0. The van der Waals surface area contributed by atoms with Gasteiger partial charge in [-0.15, -0.1) is 11.3 Å². The molecule has 3 nitrogen and oxygen atoms in total. The summed E-state index contributed by atoms with van der Waals surface area (Å²) in [4.78, 5) is 3.51. The molecule has 0 aromatic carbocycles. The van der Waals surface area contributed by atoms with Crippen molar-refractivity contribution in [2.24, 2.45) is 5.73 Å². The van der Waals surface area contributed by atoms with Crippen molar-refractivity contribution >= 4 is 27.3 Å². The highest BCUT2D eigenvalue weighted by atomic mass is 79.9. The molecule has 1 aromatic heterocycles. The van der Waals surface area contributed by atoms with E-state index in [0.29, 0.717) is 6.54 Å². The third-order valence-electron chi connectivity index (χ3n) is 2.35. The van der Waals surface area contributed by atoms with Crippen LogP contribution in [-0.4, -0.2) is 38.8 Å². The Morgan fingerprint density at radius 3 is 2.87 bits per heavy atom. The van der Waals surface area contributed by atoms with Crippen LogP contribution in [0.4, 0.5) is 0 Å². The molecule has 0 radical (unpaired) electrons. The van der Waals surface area contributed by atoms with Crippen LogP contribution < -0.4 is 5.73 Å². The van der Waals surface area contributed by atoms with Gasteiger partial charge in [0.1, 0.15) is 0 Å². The SMILES string of the molecule is COCCN(C)C(CN)c1sccc1Br. The molecule has 0 aliphatic carbocycles. The average molecular weight is 293 g/mol. The quantitative estimate of drug-likeness (QED) is 0.873. The highest BCUT2D eigenvalue weighted by Crippen LogP contribution is 2.31. The van der Waals surface area contributed by atoms with Crippen LogP contribution in [0.2, 0.25) is 0 Å². The molecule has 0 spiro atoms. The lowest BCUT2D eigenvalue weighted by Gasteiger charge is -2.26. The second-order valence-electron chi connectivity index (χ2n) is 3.36. The van der Waals surface area contributed by atoms with Gasteiger partial charge < -0.3 is 10.5 Å². The summed E-state index contributed by atoms with van der Waals surface area (Å²) < 4.78 is 6.21. The molecular weight excluding hydrogens is 276 g/mol. The van der Waals surface area contributed by atoms with Crippen LogP contribution in [0.5, 0.6) is 0 Å². The zero-order chi connectivity index (χ0) is 11.3. The van der Waals surface area contributed by atoms with Gasteiger partial charge in [-0.1, -0.05) is 0 Å². The lowest BCUT2D eigenvalue weighted by molar-refractivity contribution is 0.141. The molecule has 0 aliphatic heterocycles.